The van der Waals surface area contributed by atoms with Crippen molar-refractivity contribution < 1.29 is 9.53 Å². The molecule has 0 spiro atoms. The summed E-state index contributed by atoms with van der Waals surface area (Å²) in [6, 6.07) is 0. The van der Waals surface area contributed by atoms with E-state index >= 15 is 0 Å². The number of unbranched alkanes of at least 4 members (excludes halogenated alkanes) is 17. The van der Waals surface area contributed by atoms with Gasteiger partial charge in [-0.15, -0.1) is 0 Å². The van der Waals surface area contributed by atoms with Gasteiger partial charge in [0.2, 0.25) is 0 Å². The third kappa shape index (κ3) is 25.4. The summed E-state index contributed by atoms with van der Waals surface area (Å²) < 4.78 is 5.37. The third-order valence-electron chi connectivity index (χ3n) is 5.92. The van der Waals surface area contributed by atoms with Crippen LogP contribution in [0.15, 0.2) is 0 Å². The summed E-state index contributed by atoms with van der Waals surface area (Å²) in [7, 11) is 0. The second-order valence-corrected chi connectivity index (χ2v) is 9.52. The fraction of sp³-hybridized carbons (Fsp3) is 0.963. The van der Waals surface area contributed by atoms with Crippen LogP contribution in [0.5, 0.6) is 0 Å². The van der Waals surface area contributed by atoms with Gasteiger partial charge in [0.15, 0.2) is 0 Å². The van der Waals surface area contributed by atoms with Crippen molar-refractivity contribution in [1.82, 2.24) is 0 Å². The molecule has 2 nitrogen and oxygen atoms in total. The van der Waals surface area contributed by atoms with Gasteiger partial charge in [0.05, 0.1) is 6.61 Å². The summed E-state index contributed by atoms with van der Waals surface area (Å²) >= 11 is 0. The topological polar surface area (TPSA) is 26.3 Å². The maximum Gasteiger partial charge on any atom is 0.305 e. The van der Waals surface area contributed by atoms with Crippen LogP contribution in [0.4, 0.5) is 0 Å². The number of hydrogen-bond acceptors (Lipinski definition) is 2. The highest BCUT2D eigenvalue weighted by Gasteiger charge is 2.02. The molecule has 0 aromatic rings. The summed E-state index contributed by atoms with van der Waals surface area (Å²) in [6.45, 7) is 7.53. The molecule has 2 heteroatoms. The Morgan fingerprint density at radius 2 is 1.00 bits per heavy atom. The Morgan fingerprint density at radius 1 is 0.586 bits per heavy atom. The lowest BCUT2D eigenvalue weighted by molar-refractivity contribution is -0.143. The average Bonchev–Trinajstić information content (AvgIpc) is 2.70. The molecule has 0 amide bonds. The molecule has 0 aliphatic rings. The van der Waals surface area contributed by atoms with Gasteiger partial charge in [0.25, 0.3) is 0 Å². The van der Waals surface area contributed by atoms with Crippen molar-refractivity contribution in [3.8, 4) is 0 Å². The van der Waals surface area contributed by atoms with Crippen molar-refractivity contribution >= 4 is 5.97 Å². The van der Waals surface area contributed by atoms with E-state index in [1.807, 2.05) is 0 Å². The van der Waals surface area contributed by atoms with Gasteiger partial charge in [0.1, 0.15) is 0 Å². The first-order chi connectivity index (χ1) is 14.2. The highest BCUT2D eigenvalue weighted by Crippen LogP contribution is 2.14. The van der Waals surface area contributed by atoms with Gasteiger partial charge >= 0.3 is 5.97 Å². The standard InChI is InChI=1S/C27H54O2/c1-4-5-6-7-8-13-16-19-22-25-29-27(28)24-21-18-15-12-10-9-11-14-17-20-23-26(2)3/h26H,4-25H2,1-3H3. The molecule has 29 heavy (non-hydrogen) atoms. The van der Waals surface area contributed by atoms with Crippen LogP contribution in [0, 0.1) is 5.92 Å². The highest BCUT2D eigenvalue weighted by molar-refractivity contribution is 5.69. The van der Waals surface area contributed by atoms with Crippen LogP contribution < -0.4 is 0 Å². The van der Waals surface area contributed by atoms with Crippen LogP contribution in [-0.2, 0) is 9.53 Å². The predicted octanol–water partition coefficient (Wildman–Crippen LogP) is 9.40. The van der Waals surface area contributed by atoms with E-state index in [-0.39, 0.29) is 5.97 Å². The predicted molar refractivity (Wildman–Crippen MR) is 128 cm³/mol. The summed E-state index contributed by atoms with van der Waals surface area (Å²) in [6.07, 6.45) is 27.0. The molecule has 0 N–H and O–H groups in total. The number of hydrogen-bond donors (Lipinski definition) is 0. The molecule has 0 bridgehead atoms. The van der Waals surface area contributed by atoms with E-state index in [0.29, 0.717) is 13.0 Å². The quantitative estimate of drug-likeness (QED) is 0.124. The summed E-state index contributed by atoms with van der Waals surface area (Å²) in [5.41, 5.74) is 0. The molecule has 0 atom stereocenters. The summed E-state index contributed by atoms with van der Waals surface area (Å²) in [4.78, 5) is 11.8. The van der Waals surface area contributed by atoms with Gasteiger partial charge in [-0.3, -0.25) is 4.79 Å². The monoisotopic (exact) mass is 410 g/mol. The van der Waals surface area contributed by atoms with Gasteiger partial charge in [-0.25, -0.2) is 0 Å². The number of ether oxygens (including phenoxy) is 1. The van der Waals surface area contributed by atoms with Gasteiger partial charge in [-0.2, -0.15) is 0 Å². The van der Waals surface area contributed by atoms with Crippen molar-refractivity contribution in [2.75, 3.05) is 6.61 Å². The lowest BCUT2D eigenvalue weighted by Gasteiger charge is -2.06. The molecular weight excluding hydrogens is 356 g/mol. The first-order valence-electron chi connectivity index (χ1n) is 13.3. The van der Waals surface area contributed by atoms with Crippen LogP contribution in [-0.4, -0.2) is 12.6 Å². The van der Waals surface area contributed by atoms with Crippen molar-refractivity contribution in [3.63, 3.8) is 0 Å². The van der Waals surface area contributed by atoms with E-state index < -0.39 is 0 Å². The molecule has 174 valence electrons. The van der Waals surface area contributed by atoms with E-state index in [4.69, 9.17) is 4.74 Å². The Morgan fingerprint density at radius 3 is 1.48 bits per heavy atom. The minimum Gasteiger partial charge on any atom is -0.466 e. The maximum atomic E-state index is 11.8. The van der Waals surface area contributed by atoms with E-state index in [1.165, 1.54) is 116 Å². The Balaban J connectivity index is 3.15. The fourth-order valence-electron chi connectivity index (χ4n) is 3.91. The minimum atomic E-state index is 0.0194. The van der Waals surface area contributed by atoms with Crippen LogP contribution in [0.3, 0.4) is 0 Å². The second-order valence-electron chi connectivity index (χ2n) is 9.52. The number of carbonyl (C=O) groups excluding carboxylic acids is 1. The molecule has 0 aromatic carbocycles. The molecule has 0 radical (unpaired) electrons. The van der Waals surface area contributed by atoms with Crippen LogP contribution in [0.1, 0.15) is 156 Å². The molecule has 0 aliphatic heterocycles. The molecule has 0 heterocycles. The molecular formula is C27H54O2. The van der Waals surface area contributed by atoms with Gasteiger partial charge < -0.3 is 4.74 Å². The zero-order valence-corrected chi connectivity index (χ0v) is 20.5. The van der Waals surface area contributed by atoms with Crippen LogP contribution >= 0.6 is 0 Å². The average molecular weight is 411 g/mol. The molecule has 0 fully saturated rings. The van der Waals surface area contributed by atoms with Gasteiger partial charge in [0, 0.05) is 6.42 Å². The van der Waals surface area contributed by atoms with Crippen molar-refractivity contribution in [3.05, 3.63) is 0 Å². The largest absolute Gasteiger partial charge is 0.466 e. The molecule has 0 unspecified atom stereocenters. The van der Waals surface area contributed by atoms with E-state index in [9.17, 15) is 4.79 Å². The molecule has 0 rings (SSSR count). The minimum absolute atomic E-state index is 0.0194. The zero-order valence-electron chi connectivity index (χ0n) is 20.5. The first-order valence-corrected chi connectivity index (χ1v) is 13.3. The molecule has 0 saturated carbocycles. The Labute approximate surface area is 184 Å². The number of carbonyl (C=O) groups is 1. The fourth-order valence-corrected chi connectivity index (χ4v) is 3.91. The van der Waals surface area contributed by atoms with Crippen LogP contribution in [0.2, 0.25) is 0 Å². The van der Waals surface area contributed by atoms with E-state index in [1.54, 1.807) is 0 Å². The summed E-state index contributed by atoms with van der Waals surface area (Å²) in [5, 5.41) is 0. The third-order valence-corrected chi connectivity index (χ3v) is 5.92. The molecule has 0 saturated heterocycles. The van der Waals surface area contributed by atoms with Crippen molar-refractivity contribution in [2.24, 2.45) is 5.92 Å². The lowest BCUT2D eigenvalue weighted by atomic mass is 10.0. The Bertz CT molecular complexity index is 324. The molecule has 0 aromatic heterocycles. The Kier molecular flexibility index (Phi) is 23.3. The van der Waals surface area contributed by atoms with Gasteiger partial charge in [-0.05, 0) is 18.8 Å². The first kappa shape index (κ1) is 28.5. The smallest absolute Gasteiger partial charge is 0.305 e. The maximum absolute atomic E-state index is 11.8. The van der Waals surface area contributed by atoms with Crippen molar-refractivity contribution in [1.29, 1.82) is 0 Å². The normalized spacial score (nSPS) is 11.3. The number of rotatable bonds is 23. The summed E-state index contributed by atoms with van der Waals surface area (Å²) in [5.74, 6) is 0.883. The van der Waals surface area contributed by atoms with Crippen molar-refractivity contribution in [2.45, 2.75) is 156 Å². The molecule has 0 aliphatic carbocycles. The number of esters is 1. The zero-order chi connectivity index (χ0) is 21.4. The van der Waals surface area contributed by atoms with E-state index in [2.05, 4.69) is 20.8 Å². The lowest BCUT2D eigenvalue weighted by Crippen LogP contribution is -2.05. The SMILES string of the molecule is CCCCCCCCCCCOC(=O)CCCCCCCCCCCCC(C)C. The Hall–Kier alpha value is -0.530. The highest BCUT2D eigenvalue weighted by atomic mass is 16.5. The van der Waals surface area contributed by atoms with Crippen LogP contribution in [0.25, 0.3) is 0 Å². The van der Waals surface area contributed by atoms with E-state index in [0.717, 1.165) is 18.8 Å². The van der Waals surface area contributed by atoms with Gasteiger partial charge in [-0.1, -0.05) is 136 Å². The second kappa shape index (κ2) is 23.7.